The summed E-state index contributed by atoms with van der Waals surface area (Å²) in [4.78, 5) is 2.15. The predicted molar refractivity (Wildman–Crippen MR) is 79.0 cm³/mol. The van der Waals surface area contributed by atoms with Crippen molar-refractivity contribution in [1.82, 2.24) is 4.90 Å². The maximum Gasteiger partial charge on any atom is 0.133 e. The molecule has 0 heterocycles. The van der Waals surface area contributed by atoms with Gasteiger partial charge in [0, 0.05) is 0 Å². The summed E-state index contributed by atoms with van der Waals surface area (Å²) in [6, 6.07) is 8.78. The third-order valence-electron chi connectivity index (χ3n) is 4.00. The highest BCUT2D eigenvalue weighted by atomic mass is 79.9. The summed E-state index contributed by atoms with van der Waals surface area (Å²) in [7, 11) is 5.74. The van der Waals surface area contributed by atoms with Crippen LogP contribution in [-0.2, 0) is 0 Å². The average Bonchev–Trinajstić information content (AvgIpc) is 2.33. The van der Waals surface area contributed by atoms with Crippen LogP contribution in [0.25, 0.3) is 0 Å². The van der Waals surface area contributed by atoms with E-state index in [-0.39, 0.29) is 11.5 Å². The van der Waals surface area contributed by atoms with Gasteiger partial charge in [-0.3, -0.25) is 0 Å². The maximum absolute atomic E-state index is 9.57. The van der Waals surface area contributed by atoms with Crippen molar-refractivity contribution in [2.45, 2.75) is 25.3 Å². The van der Waals surface area contributed by atoms with E-state index in [9.17, 15) is 5.26 Å². The Kier molecular flexibility index (Phi) is 4.17. The highest BCUT2D eigenvalue weighted by Gasteiger charge is 2.46. The van der Waals surface area contributed by atoms with Crippen LogP contribution in [0.1, 0.15) is 30.9 Å². The third kappa shape index (κ3) is 2.50. The lowest BCUT2D eigenvalue weighted by Gasteiger charge is -2.45. The topological polar surface area (TPSA) is 36.3 Å². The number of halogens is 1. The van der Waals surface area contributed by atoms with Crippen LogP contribution in [0.3, 0.4) is 0 Å². The Morgan fingerprint density at radius 1 is 1.42 bits per heavy atom. The van der Waals surface area contributed by atoms with Crippen molar-refractivity contribution < 1.29 is 4.74 Å². The first-order chi connectivity index (χ1) is 9.04. The van der Waals surface area contributed by atoms with E-state index < -0.39 is 0 Å². The van der Waals surface area contributed by atoms with Crippen LogP contribution in [0.5, 0.6) is 5.75 Å². The van der Waals surface area contributed by atoms with E-state index in [1.54, 1.807) is 7.11 Å². The fourth-order valence-electron chi connectivity index (χ4n) is 2.97. The van der Waals surface area contributed by atoms with Crippen molar-refractivity contribution in [3.8, 4) is 11.8 Å². The van der Waals surface area contributed by atoms with Crippen molar-refractivity contribution in [2.24, 2.45) is 5.41 Å². The number of methoxy groups -OCH3 is 1. The van der Waals surface area contributed by atoms with Gasteiger partial charge in [0.05, 0.1) is 29.1 Å². The molecule has 0 aromatic heterocycles. The molecule has 1 unspecified atom stereocenters. The van der Waals surface area contributed by atoms with Crippen LogP contribution < -0.4 is 4.74 Å². The number of hydrogen-bond donors (Lipinski definition) is 0. The molecule has 1 aliphatic carbocycles. The fourth-order valence-corrected chi connectivity index (χ4v) is 3.53. The van der Waals surface area contributed by atoms with Crippen LogP contribution in [0, 0.1) is 16.7 Å². The van der Waals surface area contributed by atoms with E-state index in [0.29, 0.717) is 0 Å². The maximum atomic E-state index is 9.57. The molecule has 1 aromatic rings. The summed E-state index contributed by atoms with van der Waals surface area (Å²) in [6.45, 7) is 0. The summed E-state index contributed by atoms with van der Waals surface area (Å²) in [5.41, 5.74) is 0.927. The van der Waals surface area contributed by atoms with Gasteiger partial charge in [-0.05, 0) is 60.6 Å². The minimum absolute atomic E-state index is 0.133. The fraction of sp³-hybridized carbons (Fsp3) is 0.533. The first kappa shape index (κ1) is 14.4. The molecule has 1 aromatic carbocycles. The van der Waals surface area contributed by atoms with Gasteiger partial charge in [0.15, 0.2) is 0 Å². The van der Waals surface area contributed by atoms with Gasteiger partial charge in [0.25, 0.3) is 0 Å². The molecule has 1 atom stereocenters. The molecule has 2 rings (SSSR count). The number of nitriles is 1. The van der Waals surface area contributed by atoms with Crippen molar-refractivity contribution in [2.75, 3.05) is 21.2 Å². The first-order valence-corrected chi connectivity index (χ1v) is 7.24. The molecule has 1 fully saturated rings. The molecule has 1 aliphatic rings. The van der Waals surface area contributed by atoms with Crippen molar-refractivity contribution >= 4 is 15.9 Å². The van der Waals surface area contributed by atoms with Gasteiger partial charge >= 0.3 is 0 Å². The monoisotopic (exact) mass is 322 g/mol. The molecule has 0 radical (unpaired) electrons. The first-order valence-electron chi connectivity index (χ1n) is 6.45. The number of ether oxygens (including phenoxy) is 1. The van der Waals surface area contributed by atoms with E-state index in [1.165, 1.54) is 5.56 Å². The Morgan fingerprint density at radius 2 is 2.11 bits per heavy atom. The number of rotatable bonds is 4. The second-order valence-corrected chi connectivity index (χ2v) is 6.24. The summed E-state index contributed by atoms with van der Waals surface area (Å²) in [5, 5.41) is 9.57. The van der Waals surface area contributed by atoms with Crippen molar-refractivity contribution in [1.29, 1.82) is 5.26 Å². The van der Waals surface area contributed by atoms with E-state index in [0.717, 1.165) is 29.5 Å². The van der Waals surface area contributed by atoms with E-state index in [4.69, 9.17) is 4.74 Å². The lowest BCUT2D eigenvalue weighted by molar-refractivity contribution is 0.0748. The lowest BCUT2D eigenvalue weighted by Crippen LogP contribution is -2.41. The normalized spacial score (nSPS) is 18.5. The Morgan fingerprint density at radius 3 is 2.47 bits per heavy atom. The molecule has 102 valence electrons. The molecule has 0 aliphatic heterocycles. The van der Waals surface area contributed by atoms with Gasteiger partial charge in [-0.1, -0.05) is 12.5 Å². The van der Waals surface area contributed by atoms with E-state index in [2.05, 4.69) is 39.0 Å². The van der Waals surface area contributed by atoms with Gasteiger partial charge in [0.1, 0.15) is 5.75 Å². The Bertz CT molecular complexity index is 503. The van der Waals surface area contributed by atoms with Crippen LogP contribution in [0.4, 0.5) is 0 Å². The molecule has 0 bridgehead atoms. The Hall–Kier alpha value is -1.05. The summed E-state index contributed by atoms with van der Waals surface area (Å²) in [6.07, 6.45) is 3.11. The van der Waals surface area contributed by atoms with E-state index in [1.807, 2.05) is 20.2 Å². The van der Waals surface area contributed by atoms with E-state index >= 15 is 0 Å². The van der Waals surface area contributed by atoms with Crippen molar-refractivity contribution in [3.63, 3.8) is 0 Å². The number of benzene rings is 1. The SMILES string of the molecule is COc1ccc(C(N(C)C)C2(C#N)CCC2)cc1Br. The van der Waals surface area contributed by atoms with Gasteiger partial charge in [-0.25, -0.2) is 0 Å². The quantitative estimate of drug-likeness (QED) is 0.846. The van der Waals surface area contributed by atoms with Crippen LogP contribution in [0.2, 0.25) is 0 Å². The predicted octanol–water partition coefficient (Wildman–Crippen LogP) is 3.75. The molecule has 1 saturated carbocycles. The molecule has 19 heavy (non-hydrogen) atoms. The standard InChI is InChI=1S/C15H19BrN2O/c1-18(2)14(15(10-17)7-4-8-15)11-5-6-13(19-3)12(16)9-11/h5-6,9,14H,4,7-8H2,1-3H3. The second-order valence-electron chi connectivity index (χ2n) is 5.38. The van der Waals surface area contributed by atoms with Gasteiger partial charge < -0.3 is 9.64 Å². The van der Waals surface area contributed by atoms with Gasteiger partial charge in [0.2, 0.25) is 0 Å². The third-order valence-corrected chi connectivity index (χ3v) is 4.62. The zero-order chi connectivity index (χ0) is 14.0. The number of hydrogen-bond acceptors (Lipinski definition) is 3. The van der Waals surface area contributed by atoms with Crippen molar-refractivity contribution in [3.05, 3.63) is 28.2 Å². The Labute approximate surface area is 123 Å². The number of nitrogens with zero attached hydrogens (tertiary/aromatic N) is 2. The molecular weight excluding hydrogens is 304 g/mol. The second kappa shape index (κ2) is 5.52. The molecular formula is C15H19BrN2O. The highest BCUT2D eigenvalue weighted by Crippen LogP contribution is 2.52. The highest BCUT2D eigenvalue weighted by molar-refractivity contribution is 9.10. The molecule has 0 N–H and O–H groups in total. The molecule has 0 amide bonds. The zero-order valence-electron chi connectivity index (χ0n) is 11.6. The lowest BCUT2D eigenvalue weighted by atomic mass is 9.63. The minimum atomic E-state index is -0.239. The molecule has 0 spiro atoms. The molecule has 3 nitrogen and oxygen atoms in total. The summed E-state index contributed by atoms with van der Waals surface area (Å²) >= 11 is 3.53. The zero-order valence-corrected chi connectivity index (χ0v) is 13.2. The van der Waals surface area contributed by atoms with Crippen LogP contribution in [-0.4, -0.2) is 26.1 Å². The van der Waals surface area contributed by atoms with Crippen LogP contribution >= 0.6 is 15.9 Å². The smallest absolute Gasteiger partial charge is 0.133 e. The summed E-state index contributed by atoms with van der Waals surface area (Å²) < 4.78 is 6.20. The van der Waals surface area contributed by atoms with Gasteiger partial charge in [-0.2, -0.15) is 5.26 Å². The molecule has 4 heteroatoms. The van der Waals surface area contributed by atoms with Crippen LogP contribution in [0.15, 0.2) is 22.7 Å². The summed E-state index contributed by atoms with van der Waals surface area (Å²) in [5.74, 6) is 0.820. The minimum Gasteiger partial charge on any atom is -0.496 e. The average molecular weight is 323 g/mol. The molecule has 0 saturated heterocycles. The largest absolute Gasteiger partial charge is 0.496 e. The Balaban J connectivity index is 2.40. The van der Waals surface area contributed by atoms with Gasteiger partial charge in [-0.15, -0.1) is 0 Å².